The fourth-order valence-corrected chi connectivity index (χ4v) is 1.80. The number of hydrogen-bond donors (Lipinski definition) is 1. The maximum atomic E-state index is 9.29. The molecule has 0 unspecified atom stereocenters. The Morgan fingerprint density at radius 3 is 2.40 bits per heavy atom. The fourth-order valence-electron chi connectivity index (χ4n) is 1.60. The predicted molar refractivity (Wildman–Crippen MR) is 59.8 cm³/mol. The fraction of sp³-hybridized carbons (Fsp3) is 0.455. The van der Waals surface area contributed by atoms with Crippen LogP contribution in [0.3, 0.4) is 0 Å². The van der Waals surface area contributed by atoms with Gasteiger partial charge in [-0.05, 0) is 13.0 Å². The van der Waals surface area contributed by atoms with Crippen LogP contribution in [0.15, 0.2) is 6.07 Å². The van der Waals surface area contributed by atoms with Crippen molar-refractivity contribution in [1.82, 2.24) is 0 Å². The van der Waals surface area contributed by atoms with Gasteiger partial charge in [-0.1, -0.05) is 0 Å². The number of aliphatic hydroxyl groups excluding tert-OH is 1. The minimum absolute atomic E-state index is 0.0872. The zero-order valence-corrected chi connectivity index (χ0v) is 9.89. The molecule has 0 aliphatic carbocycles. The van der Waals surface area contributed by atoms with E-state index < -0.39 is 0 Å². The average Bonchev–Trinajstić information content (AvgIpc) is 2.28. The molecule has 0 aromatic heterocycles. The summed E-state index contributed by atoms with van der Waals surface area (Å²) in [6.07, 6.45) is 0. The summed E-state index contributed by atoms with van der Waals surface area (Å²) in [7, 11) is 3.16. The Bertz CT molecular complexity index is 350. The zero-order valence-electron chi connectivity index (χ0n) is 9.13. The Labute approximate surface area is 94.6 Å². The smallest absolute Gasteiger partial charge is 0.129 e. The second-order valence-corrected chi connectivity index (χ2v) is 3.43. The van der Waals surface area contributed by atoms with Gasteiger partial charge in [-0.2, -0.15) is 0 Å². The van der Waals surface area contributed by atoms with E-state index in [1.165, 1.54) is 0 Å². The van der Waals surface area contributed by atoms with Crippen molar-refractivity contribution in [2.75, 3.05) is 14.2 Å². The van der Waals surface area contributed by atoms with Crippen molar-refractivity contribution < 1.29 is 14.6 Å². The molecule has 0 spiro atoms. The minimum atomic E-state index is -0.0872. The van der Waals surface area contributed by atoms with Gasteiger partial charge in [0.1, 0.15) is 11.5 Å². The monoisotopic (exact) mass is 230 g/mol. The van der Waals surface area contributed by atoms with Crippen LogP contribution in [0.5, 0.6) is 11.5 Å². The average molecular weight is 231 g/mol. The Balaban J connectivity index is 3.43. The van der Waals surface area contributed by atoms with E-state index in [9.17, 15) is 5.11 Å². The molecule has 1 aromatic carbocycles. The number of halogens is 1. The molecule has 0 saturated carbocycles. The van der Waals surface area contributed by atoms with Crippen LogP contribution in [0.1, 0.15) is 16.7 Å². The lowest BCUT2D eigenvalue weighted by atomic mass is 10.0. The first-order chi connectivity index (χ1) is 7.19. The molecule has 0 fully saturated rings. The maximum absolute atomic E-state index is 9.29. The van der Waals surface area contributed by atoms with Crippen molar-refractivity contribution in [3.63, 3.8) is 0 Å². The van der Waals surface area contributed by atoms with Gasteiger partial charge in [0.05, 0.1) is 26.7 Å². The lowest BCUT2D eigenvalue weighted by molar-refractivity contribution is 0.271. The van der Waals surface area contributed by atoms with Crippen LogP contribution < -0.4 is 9.47 Å². The first-order valence-corrected chi connectivity index (χ1v) is 5.13. The summed E-state index contributed by atoms with van der Waals surface area (Å²) in [6.45, 7) is 1.79. The molecular weight excluding hydrogens is 216 g/mol. The van der Waals surface area contributed by atoms with Crippen LogP contribution in [0.25, 0.3) is 0 Å². The van der Waals surface area contributed by atoms with Gasteiger partial charge < -0.3 is 14.6 Å². The van der Waals surface area contributed by atoms with Crippen molar-refractivity contribution >= 4 is 11.6 Å². The standard InChI is InChI=1S/C11H15ClO3/c1-7-9(6-13)11(15-3)8(5-12)4-10(7)14-2/h4,13H,5-6H2,1-3H3. The Hall–Kier alpha value is -0.930. The molecular formula is C11H15ClO3. The summed E-state index contributed by atoms with van der Waals surface area (Å²) in [5, 5.41) is 9.29. The Morgan fingerprint density at radius 1 is 1.33 bits per heavy atom. The van der Waals surface area contributed by atoms with E-state index in [4.69, 9.17) is 21.1 Å². The number of ether oxygens (including phenoxy) is 2. The number of hydrogen-bond acceptors (Lipinski definition) is 3. The topological polar surface area (TPSA) is 38.7 Å². The van der Waals surface area contributed by atoms with Crippen molar-refractivity contribution in [1.29, 1.82) is 0 Å². The lowest BCUT2D eigenvalue weighted by Crippen LogP contribution is -2.01. The molecule has 0 amide bonds. The summed E-state index contributed by atoms with van der Waals surface area (Å²) >= 11 is 5.80. The molecule has 0 aliphatic rings. The molecule has 0 aliphatic heterocycles. The third kappa shape index (κ3) is 2.19. The molecule has 1 rings (SSSR count). The summed E-state index contributed by atoms with van der Waals surface area (Å²) in [5.41, 5.74) is 2.43. The number of alkyl halides is 1. The Kier molecular flexibility index (Phi) is 4.24. The number of aliphatic hydroxyl groups is 1. The molecule has 0 heterocycles. The highest BCUT2D eigenvalue weighted by atomic mass is 35.5. The van der Waals surface area contributed by atoms with Crippen molar-refractivity contribution in [2.24, 2.45) is 0 Å². The third-order valence-corrected chi connectivity index (χ3v) is 2.71. The molecule has 0 bridgehead atoms. The van der Waals surface area contributed by atoms with E-state index in [0.717, 1.165) is 22.4 Å². The van der Waals surface area contributed by atoms with Crippen molar-refractivity contribution in [3.8, 4) is 11.5 Å². The molecule has 3 nitrogen and oxygen atoms in total. The van der Waals surface area contributed by atoms with Gasteiger partial charge in [-0.3, -0.25) is 0 Å². The quantitative estimate of drug-likeness (QED) is 0.807. The van der Waals surface area contributed by atoms with Gasteiger partial charge in [0.15, 0.2) is 0 Å². The van der Waals surface area contributed by atoms with E-state index in [1.807, 2.05) is 13.0 Å². The van der Waals surface area contributed by atoms with Crippen LogP contribution in [-0.2, 0) is 12.5 Å². The van der Waals surface area contributed by atoms with Gasteiger partial charge in [0.2, 0.25) is 0 Å². The SMILES string of the molecule is COc1cc(CCl)c(OC)c(CO)c1C. The first kappa shape index (κ1) is 12.1. The molecule has 0 radical (unpaired) electrons. The largest absolute Gasteiger partial charge is 0.496 e. The molecule has 84 valence electrons. The van der Waals surface area contributed by atoms with E-state index >= 15 is 0 Å². The summed E-state index contributed by atoms with van der Waals surface area (Å²) < 4.78 is 10.4. The normalized spacial score (nSPS) is 10.2. The molecule has 0 atom stereocenters. The second kappa shape index (κ2) is 5.24. The van der Waals surface area contributed by atoms with Crippen LogP contribution in [-0.4, -0.2) is 19.3 Å². The summed E-state index contributed by atoms with van der Waals surface area (Å²) in [5.74, 6) is 1.69. The highest BCUT2D eigenvalue weighted by Crippen LogP contribution is 2.34. The van der Waals surface area contributed by atoms with E-state index in [1.54, 1.807) is 14.2 Å². The third-order valence-electron chi connectivity index (χ3n) is 2.42. The summed E-state index contributed by atoms with van der Waals surface area (Å²) in [6, 6.07) is 1.83. The van der Waals surface area contributed by atoms with Gasteiger partial charge in [0, 0.05) is 16.7 Å². The maximum Gasteiger partial charge on any atom is 0.129 e. The summed E-state index contributed by atoms with van der Waals surface area (Å²) in [4.78, 5) is 0. The molecule has 1 aromatic rings. The van der Waals surface area contributed by atoms with Gasteiger partial charge in [0.25, 0.3) is 0 Å². The van der Waals surface area contributed by atoms with Crippen LogP contribution in [0.2, 0.25) is 0 Å². The van der Waals surface area contributed by atoms with E-state index in [0.29, 0.717) is 11.6 Å². The number of methoxy groups -OCH3 is 2. The lowest BCUT2D eigenvalue weighted by Gasteiger charge is -2.16. The molecule has 15 heavy (non-hydrogen) atoms. The zero-order chi connectivity index (χ0) is 11.4. The molecule has 1 N–H and O–H groups in total. The van der Waals surface area contributed by atoms with E-state index in [2.05, 4.69) is 0 Å². The van der Waals surface area contributed by atoms with Gasteiger partial charge in [-0.15, -0.1) is 11.6 Å². The minimum Gasteiger partial charge on any atom is -0.496 e. The van der Waals surface area contributed by atoms with Gasteiger partial charge in [-0.25, -0.2) is 0 Å². The van der Waals surface area contributed by atoms with Crippen LogP contribution in [0.4, 0.5) is 0 Å². The highest BCUT2D eigenvalue weighted by molar-refractivity contribution is 6.17. The molecule has 4 heteroatoms. The molecule has 0 saturated heterocycles. The number of benzene rings is 1. The predicted octanol–water partition coefficient (Wildman–Crippen LogP) is 2.24. The second-order valence-electron chi connectivity index (χ2n) is 3.17. The first-order valence-electron chi connectivity index (χ1n) is 4.59. The number of rotatable bonds is 4. The van der Waals surface area contributed by atoms with Crippen LogP contribution >= 0.6 is 11.6 Å². The highest BCUT2D eigenvalue weighted by Gasteiger charge is 2.15. The Morgan fingerprint density at radius 2 is 2.00 bits per heavy atom. The van der Waals surface area contributed by atoms with Crippen LogP contribution in [0, 0.1) is 6.92 Å². The van der Waals surface area contributed by atoms with E-state index in [-0.39, 0.29) is 6.61 Å². The van der Waals surface area contributed by atoms with Gasteiger partial charge >= 0.3 is 0 Å². The van der Waals surface area contributed by atoms with Crippen molar-refractivity contribution in [3.05, 3.63) is 22.8 Å². The van der Waals surface area contributed by atoms with Crippen molar-refractivity contribution in [2.45, 2.75) is 19.4 Å².